The Hall–Kier alpha value is -4.97. The van der Waals surface area contributed by atoms with Gasteiger partial charge < -0.3 is 4.74 Å². The van der Waals surface area contributed by atoms with Crippen molar-refractivity contribution in [3.8, 4) is 16.9 Å². The van der Waals surface area contributed by atoms with Gasteiger partial charge in [-0.05, 0) is 48.5 Å². The first-order valence-corrected chi connectivity index (χ1v) is 11.0. The molecule has 0 fully saturated rings. The molecule has 0 saturated carbocycles. The summed E-state index contributed by atoms with van der Waals surface area (Å²) in [5.74, 6) is 0.0171. The molecule has 6 heteroatoms. The highest BCUT2D eigenvalue weighted by atomic mass is 16.5. The third-order valence-corrected chi connectivity index (χ3v) is 5.22. The molecule has 0 spiro atoms. The molecular weight excluding hydrogens is 436 g/mol. The SMILES string of the molecule is O=C(Oc1cc(N=Nc2ccc(N=Nc3ccccc3)cc2)c2cccccc1-2)c1ccccc1. The van der Waals surface area contributed by atoms with Gasteiger partial charge in [0.25, 0.3) is 0 Å². The summed E-state index contributed by atoms with van der Waals surface area (Å²) in [6.45, 7) is 0. The molecule has 3 aromatic rings. The third-order valence-electron chi connectivity index (χ3n) is 5.22. The van der Waals surface area contributed by atoms with E-state index in [1.54, 1.807) is 30.3 Å². The van der Waals surface area contributed by atoms with Crippen LogP contribution in [0.15, 0.2) is 142 Å². The fourth-order valence-electron chi connectivity index (χ4n) is 3.47. The molecule has 3 aromatic carbocycles. The van der Waals surface area contributed by atoms with Gasteiger partial charge in [-0.15, -0.1) is 5.11 Å². The quantitative estimate of drug-likeness (QED) is 0.189. The number of hydrogen-bond donors (Lipinski definition) is 0. The number of carbonyl (C=O) groups is 1. The molecule has 0 heterocycles. The van der Waals surface area contributed by atoms with Crippen LogP contribution in [0.2, 0.25) is 0 Å². The van der Waals surface area contributed by atoms with Crippen LogP contribution in [0.3, 0.4) is 0 Å². The van der Waals surface area contributed by atoms with Gasteiger partial charge in [0.2, 0.25) is 0 Å². The van der Waals surface area contributed by atoms with Crippen molar-refractivity contribution in [1.29, 1.82) is 0 Å². The Morgan fingerprint density at radius 3 is 1.63 bits per heavy atom. The van der Waals surface area contributed by atoms with Gasteiger partial charge in [-0.25, -0.2) is 4.79 Å². The van der Waals surface area contributed by atoms with Crippen LogP contribution in [0.25, 0.3) is 11.1 Å². The van der Waals surface area contributed by atoms with Crippen molar-refractivity contribution in [2.45, 2.75) is 0 Å². The highest BCUT2D eigenvalue weighted by molar-refractivity contribution is 5.94. The maximum atomic E-state index is 12.6. The van der Waals surface area contributed by atoms with Crippen LogP contribution >= 0.6 is 0 Å². The van der Waals surface area contributed by atoms with Gasteiger partial charge in [0.05, 0.1) is 28.3 Å². The van der Waals surface area contributed by atoms with Crippen molar-refractivity contribution >= 4 is 28.7 Å². The van der Waals surface area contributed by atoms with Gasteiger partial charge in [0.1, 0.15) is 5.75 Å². The topological polar surface area (TPSA) is 75.7 Å². The zero-order valence-electron chi connectivity index (χ0n) is 18.7. The average molecular weight is 457 g/mol. The van der Waals surface area contributed by atoms with Crippen LogP contribution in [0.1, 0.15) is 10.4 Å². The van der Waals surface area contributed by atoms with Crippen molar-refractivity contribution in [3.05, 3.63) is 127 Å². The first kappa shape index (κ1) is 21.9. The fraction of sp³-hybridized carbons (Fsp3) is 0. The predicted octanol–water partition coefficient (Wildman–Crippen LogP) is 8.84. The Labute approximate surface area is 202 Å². The van der Waals surface area contributed by atoms with Gasteiger partial charge in [-0.1, -0.05) is 66.7 Å². The van der Waals surface area contributed by atoms with E-state index in [1.807, 2.05) is 91.0 Å². The van der Waals surface area contributed by atoms with E-state index in [1.165, 1.54) is 0 Å². The summed E-state index contributed by atoms with van der Waals surface area (Å²) in [6, 6.07) is 37.0. The summed E-state index contributed by atoms with van der Waals surface area (Å²) >= 11 is 0. The van der Waals surface area contributed by atoms with Crippen molar-refractivity contribution in [2.75, 3.05) is 0 Å². The van der Waals surface area contributed by atoms with E-state index < -0.39 is 5.97 Å². The maximum absolute atomic E-state index is 12.6. The Kier molecular flexibility index (Phi) is 6.44. The summed E-state index contributed by atoms with van der Waals surface area (Å²) in [7, 11) is 0. The van der Waals surface area contributed by atoms with Gasteiger partial charge in [0, 0.05) is 17.2 Å². The van der Waals surface area contributed by atoms with Gasteiger partial charge in [-0.2, -0.15) is 15.3 Å². The Morgan fingerprint density at radius 1 is 0.514 bits per heavy atom. The number of rotatable bonds is 6. The van der Waals surface area contributed by atoms with Crippen LogP contribution < -0.4 is 4.74 Å². The second kappa shape index (κ2) is 10.3. The zero-order valence-corrected chi connectivity index (χ0v) is 18.7. The molecule has 0 aliphatic heterocycles. The number of carbonyl (C=O) groups excluding carboxylic acids is 1. The van der Waals surface area contributed by atoms with Crippen molar-refractivity contribution in [3.63, 3.8) is 0 Å². The molecule has 0 atom stereocenters. The summed E-state index contributed by atoms with van der Waals surface area (Å²) in [5.41, 5.74) is 4.88. The molecule has 0 radical (unpaired) electrons. The lowest BCUT2D eigenvalue weighted by Gasteiger charge is -2.04. The largest absolute Gasteiger partial charge is 0.422 e. The fourth-order valence-corrected chi connectivity index (χ4v) is 3.47. The van der Waals surface area contributed by atoms with Crippen LogP contribution in [-0.4, -0.2) is 5.97 Å². The molecule has 2 aliphatic rings. The second-order valence-electron chi connectivity index (χ2n) is 7.64. The van der Waals surface area contributed by atoms with Crippen molar-refractivity contribution in [1.82, 2.24) is 0 Å². The number of benzene rings is 3. The summed E-state index contributed by atoms with van der Waals surface area (Å²) < 4.78 is 5.70. The minimum Gasteiger partial charge on any atom is -0.422 e. The van der Waals surface area contributed by atoms with Gasteiger partial charge in [0.15, 0.2) is 0 Å². The summed E-state index contributed by atoms with van der Waals surface area (Å²) in [6.07, 6.45) is 0. The molecule has 0 amide bonds. The van der Waals surface area contributed by atoms with Crippen LogP contribution in [0.5, 0.6) is 5.75 Å². The van der Waals surface area contributed by atoms with Crippen molar-refractivity contribution < 1.29 is 9.53 Å². The first-order chi connectivity index (χ1) is 17.3. The lowest BCUT2D eigenvalue weighted by molar-refractivity contribution is 0.0736. The number of ether oxygens (including phenoxy) is 1. The first-order valence-electron chi connectivity index (χ1n) is 11.0. The highest BCUT2D eigenvalue weighted by Gasteiger charge is 2.19. The monoisotopic (exact) mass is 456 g/mol. The minimum atomic E-state index is -0.423. The Balaban J connectivity index is 1.36. The molecule has 0 saturated heterocycles. The van der Waals surface area contributed by atoms with Crippen LogP contribution in [-0.2, 0) is 0 Å². The molecule has 2 aliphatic carbocycles. The normalized spacial score (nSPS) is 11.3. The summed E-state index contributed by atoms with van der Waals surface area (Å²) in [4.78, 5) is 12.6. The van der Waals surface area contributed by atoms with E-state index in [4.69, 9.17) is 4.74 Å². The molecule has 6 nitrogen and oxygen atoms in total. The number of hydrogen-bond acceptors (Lipinski definition) is 6. The zero-order chi connectivity index (χ0) is 23.9. The predicted molar refractivity (Wildman–Crippen MR) is 136 cm³/mol. The summed E-state index contributed by atoms with van der Waals surface area (Å²) in [5, 5.41) is 17.3. The molecule has 0 aromatic heterocycles. The van der Waals surface area contributed by atoms with Crippen LogP contribution in [0.4, 0.5) is 22.7 Å². The van der Waals surface area contributed by atoms with Gasteiger partial charge in [-0.3, -0.25) is 0 Å². The van der Waals surface area contributed by atoms with E-state index in [9.17, 15) is 4.79 Å². The second-order valence-corrected chi connectivity index (χ2v) is 7.64. The lowest BCUT2D eigenvalue weighted by atomic mass is 10.2. The Bertz CT molecular complexity index is 1460. The molecule has 5 rings (SSSR count). The standard InChI is InChI=1S/C29H20N4O2/c34-29(21-10-4-1-5-11-21)35-28-20-27(25-14-8-3-9-15-26(25)28)33-32-24-18-16-23(17-19-24)31-30-22-12-6-2-7-13-22/h1-20H. The molecule has 0 bridgehead atoms. The van der Waals surface area contributed by atoms with E-state index in [0.29, 0.717) is 28.4 Å². The molecule has 0 unspecified atom stereocenters. The van der Waals surface area contributed by atoms with E-state index in [0.717, 1.165) is 16.8 Å². The molecule has 168 valence electrons. The van der Waals surface area contributed by atoms with Crippen molar-refractivity contribution in [2.24, 2.45) is 20.5 Å². The lowest BCUT2D eigenvalue weighted by Crippen LogP contribution is -2.07. The minimum absolute atomic E-state index is 0.423. The van der Waals surface area contributed by atoms with Gasteiger partial charge >= 0.3 is 5.97 Å². The molecular formula is C29H20N4O2. The molecule has 0 N–H and O–H groups in total. The number of nitrogens with zero attached hydrogens (tertiary/aromatic N) is 4. The average Bonchev–Trinajstić information content (AvgIpc) is 3.06. The van der Waals surface area contributed by atoms with Crippen LogP contribution in [0, 0.1) is 0 Å². The highest BCUT2D eigenvalue weighted by Crippen LogP contribution is 2.43. The number of fused-ring (bicyclic) bond motifs is 1. The smallest absolute Gasteiger partial charge is 0.343 e. The van der Waals surface area contributed by atoms with E-state index in [2.05, 4.69) is 20.5 Å². The third kappa shape index (κ3) is 5.34. The molecule has 35 heavy (non-hydrogen) atoms. The van der Waals surface area contributed by atoms with E-state index in [-0.39, 0.29) is 0 Å². The Morgan fingerprint density at radius 2 is 1.00 bits per heavy atom. The number of azo groups is 2. The van der Waals surface area contributed by atoms with E-state index >= 15 is 0 Å². The maximum Gasteiger partial charge on any atom is 0.343 e. The number of esters is 1.